The molecule has 0 spiro atoms. The van der Waals surface area contributed by atoms with E-state index in [1.165, 1.54) is 13.0 Å². The quantitative estimate of drug-likeness (QED) is 0.897. The standard InChI is InChI=1S/C10H9BrClFN2O2/c1-5(16)14-4-9(17)15-10-7(11)2-6(13)3-8(10)12/h2-3H,4H2,1H3,(H,14,16)(H,15,17). The minimum absolute atomic E-state index is 0.0769. The molecule has 0 fully saturated rings. The highest BCUT2D eigenvalue weighted by Crippen LogP contribution is 2.31. The third kappa shape index (κ3) is 4.32. The first-order chi connectivity index (χ1) is 7.90. The van der Waals surface area contributed by atoms with Gasteiger partial charge in [-0.05, 0) is 28.1 Å². The fourth-order valence-corrected chi connectivity index (χ4v) is 1.95. The molecular weight excluding hydrogens is 314 g/mol. The van der Waals surface area contributed by atoms with Crippen molar-refractivity contribution in [1.82, 2.24) is 5.32 Å². The number of benzene rings is 1. The smallest absolute Gasteiger partial charge is 0.243 e. The minimum atomic E-state index is -0.512. The van der Waals surface area contributed by atoms with Crippen molar-refractivity contribution in [3.63, 3.8) is 0 Å². The van der Waals surface area contributed by atoms with Crippen LogP contribution in [0.3, 0.4) is 0 Å². The topological polar surface area (TPSA) is 58.2 Å². The highest BCUT2D eigenvalue weighted by atomic mass is 79.9. The van der Waals surface area contributed by atoms with Crippen LogP contribution in [0.4, 0.5) is 10.1 Å². The largest absolute Gasteiger partial charge is 0.347 e. The molecule has 7 heteroatoms. The van der Waals surface area contributed by atoms with Crippen LogP contribution in [0, 0.1) is 5.82 Å². The van der Waals surface area contributed by atoms with Gasteiger partial charge in [0.05, 0.1) is 17.3 Å². The summed E-state index contributed by atoms with van der Waals surface area (Å²) in [6.07, 6.45) is 0. The Morgan fingerprint density at radius 1 is 1.47 bits per heavy atom. The zero-order chi connectivity index (χ0) is 13.0. The van der Waals surface area contributed by atoms with Gasteiger partial charge in [-0.1, -0.05) is 11.6 Å². The first kappa shape index (κ1) is 13.9. The van der Waals surface area contributed by atoms with E-state index >= 15 is 0 Å². The van der Waals surface area contributed by atoms with Crippen molar-refractivity contribution in [3.05, 3.63) is 27.4 Å². The van der Waals surface area contributed by atoms with E-state index in [-0.39, 0.29) is 23.2 Å². The lowest BCUT2D eigenvalue weighted by Crippen LogP contribution is -2.31. The maximum absolute atomic E-state index is 12.9. The summed E-state index contributed by atoms with van der Waals surface area (Å²) in [5.74, 6) is -1.28. The summed E-state index contributed by atoms with van der Waals surface area (Å²) < 4.78 is 13.2. The van der Waals surface area contributed by atoms with Gasteiger partial charge in [-0.2, -0.15) is 0 Å². The lowest BCUT2D eigenvalue weighted by Gasteiger charge is -2.09. The number of carbonyl (C=O) groups excluding carboxylic acids is 2. The van der Waals surface area contributed by atoms with Crippen LogP contribution in [-0.4, -0.2) is 18.4 Å². The van der Waals surface area contributed by atoms with Crippen molar-refractivity contribution in [1.29, 1.82) is 0 Å². The molecule has 2 N–H and O–H groups in total. The monoisotopic (exact) mass is 322 g/mol. The van der Waals surface area contributed by atoms with E-state index in [1.807, 2.05) is 0 Å². The summed E-state index contributed by atoms with van der Waals surface area (Å²) in [6, 6.07) is 2.26. The van der Waals surface area contributed by atoms with Crippen LogP contribution in [0.25, 0.3) is 0 Å². The Morgan fingerprint density at radius 2 is 2.12 bits per heavy atom. The van der Waals surface area contributed by atoms with Gasteiger partial charge in [0.15, 0.2) is 0 Å². The van der Waals surface area contributed by atoms with E-state index in [1.54, 1.807) is 0 Å². The van der Waals surface area contributed by atoms with Crippen LogP contribution < -0.4 is 10.6 Å². The predicted octanol–water partition coefficient (Wildman–Crippen LogP) is 2.32. The number of carbonyl (C=O) groups is 2. The Kier molecular flexibility index (Phi) is 4.89. The minimum Gasteiger partial charge on any atom is -0.347 e. The third-order valence-corrected chi connectivity index (χ3v) is 2.69. The maximum atomic E-state index is 12.9. The van der Waals surface area contributed by atoms with Gasteiger partial charge in [-0.3, -0.25) is 9.59 Å². The van der Waals surface area contributed by atoms with E-state index < -0.39 is 11.7 Å². The zero-order valence-corrected chi connectivity index (χ0v) is 11.2. The first-order valence-electron chi connectivity index (χ1n) is 4.59. The molecule has 0 radical (unpaired) electrons. The molecule has 0 heterocycles. The van der Waals surface area contributed by atoms with Gasteiger partial charge >= 0.3 is 0 Å². The van der Waals surface area contributed by atoms with Crippen LogP contribution >= 0.6 is 27.5 Å². The molecule has 0 atom stereocenters. The summed E-state index contributed by atoms with van der Waals surface area (Å²) in [7, 11) is 0. The van der Waals surface area contributed by atoms with Crippen molar-refractivity contribution in [3.8, 4) is 0 Å². The molecular formula is C10H9BrClFN2O2. The van der Waals surface area contributed by atoms with Gasteiger partial charge in [0.25, 0.3) is 0 Å². The van der Waals surface area contributed by atoms with E-state index in [4.69, 9.17) is 11.6 Å². The molecule has 0 saturated heterocycles. The highest BCUT2D eigenvalue weighted by Gasteiger charge is 2.11. The Labute approximate surface area is 111 Å². The van der Waals surface area contributed by atoms with Crippen molar-refractivity contribution in [2.24, 2.45) is 0 Å². The van der Waals surface area contributed by atoms with Gasteiger partial charge in [0, 0.05) is 11.4 Å². The van der Waals surface area contributed by atoms with Crippen molar-refractivity contribution < 1.29 is 14.0 Å². The Balaban J connectivity index is 2.75. The van der Waals surface area contributed by atoms with Crippen LogP contribution in [0.5, 0.6) is 0 Å². The van der Waals surface area contributed by atoms with Gasteiger partial charge in [0.2, 0.25) is 11.8 Å². The summed E-state index contributed by atoms with van der Waals surface area (Å²) in [5.41, 5.74) is 0.267. The summed E-state index contributed by atoms with van der Waals surface area (Å²) in [5, 5.41) is 4.87. The van der Waals surface area contributed by atoms with E-state index in [0.29, 0.717) is 4.47 Å². The molecule has 0 aromatic heterocycles. The molecule has 0 saturated carbocycles. The lowest BCUT2D eigenvalue weighted by molar-refractivity contribution is -0.122. The maximum Gasteiger partial charge on any atom is 0.243 e. The fraction of sp³-hybridized carbons (Fsp3) is 0.200. The number of amides is 2. The molecule has 92 valence electrons. The number of anilines is 1. The van der Waals surface area contributed by atoms with Gasteiger partial charge in [-0.15, -0.1) is 0 Å². The molecule has 4 nitrogen and oxygen atoms in total. The summed E-state index contributed by atoms with van der Waals surface area (Å²) in [6.45, 7) is 1.13. The van der Waals surface area contributed by atoms with Gasteiger partial charge in [0.1, 0.15) is 5.82 Å². The molecule has 1 aromatic rings. The molecule has 1 rings (SSSR count). The summed E-state index contributed by atoms with van der Waals surface area (Å²) >= 11 is 8.85. The zero-order valence-electron chi connectivity index (χ0n) is 8.81. The Hall–Kier alpha value is -1.14. The summed E-state index contributed by atoms with van der Waals surface area (Å²) in [4.78, 5) is 22.0. The Bertz CT molecular complexity index is 445. The lowest BCUT2D eigenvalue weighted by atomic mass is 10.3. The van der Waals surface area contributed by atoms with Crippen LogP contribution in [0.2, 0.25) is 5.02 Å². The van der Waals surface area contributed by atoms with Crippen molar-refractivity contribution in [2.75, 3.05) is 11.9 Å². The molecule has 2 amide bonds. The van der Waals surface area contributed by atoms with Crippen LogP contribution in [-0.2, 0) is 9.59 Å². The molecule has 0 bridgehead atoms. The second-order valence-electron chi connectivity index (χ2n) is 3.20. The predicted molar refractivity (Wildman–Crippen MR) is 66.4 cm³/mol. The fourth-order valence-electron chi connectivity index (χ4n) is 1.05. The molecule has 1 aromatic carbocycles. The second kappa shape index (κ2) is 5.97. The van der Waals surface area contributed by atoms with E-state index in [9.17, 15) is 14.0 Å². The normalized spacial score (nSPS) is 9.88. The molecule has 0 aliphatic carbocycles. The molecule has 0 unspecified atom stereocenters. The third-order valence-electron chi connectivity index (χ3n) is 1.77. The van der Waals surface area contributed by atoms with Crippen molar-refractivity contribution in [2.45, 2.75) is 6.92 Å². The SMILES string of the molecule is CC(=O)NCC(=O)Nc1c(Cl)cc(F)cc1Br. The Morgan fingerprint density at radius 3 is 2.65 bits per heavy atom. The van der Waals surface area contributed by atoms with Crippen LogP contribution in [0.15, 0.2) is 16.6 Å². The number of hydrogen-bond acceptors (Lipinski definition) is 2. The van der Waals surface area contributed by atoms with Crippen molar-refractivity contribution >= 4 is 45.0 Å². The molecule has 0 aliphatic rings. The second-order valence-corrected chi connectivity index (χ2v) is 4.46. The van der Waals surface area contributed by atoms with E-state index in [0.717, 1.165) is 6.07 Å². The number of nitrogens with one attached hydrogen (secondary N) is 2. The number of hydrogen-bond donors (Lipinski definition) is 2. The first-order valence-corrected chi connectivity index (χ1v) is 5.76. The van der Waals surface area contributed by atoms with Gasteiger partial charge in [-0.25, -0.2) is 4.39 Å². The molecule has 17 heavy (non-hydrogen) atoms. The van der Waals surface area contributed by atoms with Gasteiger partial charge < -0.3 is 10.6 Å². The number of rotatable bonds is 3. The average Bonchev–Trinajstić information content (AvgIpc) is 2.20. The van der Waals surface area contributed by atoms with E-state index in [2.05, 4.69) is 26.6 Å². The van der Waals surface area contributed by atoms with Crippen LogP contribution in [0.1, 0.15) is 6.92 Å². The average molecular weight is 324 g/mol. The number of halogens is 3. The molecule has 0 aliphatic heterocycles. The highest BCUT2D eigenvalue weighted by molar-refractivity contribution is 9.10.